The van der Waals surface area contributed by atoms with Crippen LogP contribution < -0.4 is 10.1 Å². The maximum absolute atomic E-state index is 12.4. The number of carbonyl (C=O) groups excluding carboxylic acids is 1. The van der Waals surface area contributed by atoms with Crippen molar-refractivity contribution in [1.29, 1.82) is 0 Å². The molecule has 3 heteroatoms. The van der Waals surface area contributed by atoms with Gasteiger partial charge < -0.3 is 10.1 Å². The summed E-state index contributed by atoms with van der Waals surface area (Å²) in [5.41, 5.74) is 5.21. The van der Waals surface area contributed by atoms with Gasteiger partial charge in [-0.15, -0.1) is 0 Å². The lowest BCUT2D eigenvalue weighted by Gasteiger charge is -2.17. The minimum atomic E-state index is -0.555. The third-order valence-corrected chi connectivity index (χ3v) is 3.61. The number of nitrogens with one attached hydrogen (secondary N) is 1. The molecule has 0 radical (unpaired) electrons. The maximum Gasteiger partial charge on any atom is 0.265 e. The van der Waals surface area contributed by atoms with Gasteiger partial charge in [-0.1, -0.05) is 24.3 Å². The number of anilines is 1. The molecular weight excluding hydrogens is 274 g/mol. The molecule has 22 heavy (non-hydrogen) atoms. The fourth-order valence-electron chi connectivity index (χ4n) is 2.50. The summed E-state index contributed by atoms with van der Waals surface area (Å²) in [6.07, 6.45) is -0.555. The Hall–Kier alpha value is -2.29. The molecule has 2 rings (SSSR count). The molecule has 0 fully saturated rings. The van der Waals surface area contributed by atoms with Gasteiger partial charge in [0.25, 0.3) is 5.91 Å². The van der Waals surface area contributed by atoms with E-state index in [1.54, 1.807) is 6.92 Å². The van der Waals surface area contributed by atoms with E-state index in [0.29, 0.717) is 0 Å². The Morgan fingerprint density at radius 1 is 1.00 bits per heavy atom. The van der Waals surface area contributed by atoms with Crippen molar-refractivity contribution in [1.82, 2.24) is 0 Å². The van der Waals surface area contributed by atoms with Gasteiger partial charge in [0.2, 0.25) is 0 Å². The molecule has 0 aromatic heterocycles. The minimum absolute atomic E-state index is 0.142. The predicted molar refractivity (Wildman–Crippen MR) is 90.6 cm³/mol. The first kappa shape index (κ1) is 16.1. The highest BCUT2D eigenvalue weighted by atomic mass is 16.5. The summed E-state index contributed by atoms with van der Waals surface area (Å²) in [4.78, 5) is 12.4. The number of aryl methyl sites for hydroxylation is 4. The Balaban J connectivity index is 2.09. The molecule has 0 heterocycles. The lowest BCUT2D eigenvalue weighted by atomic mass is 10.1. The van der Waals surface area contributed by atoms with Crippen molar-refractivity contribution in [2.24, 2.45) is 0 Å². The Labute approximate surface area is 132 Å². The number of hydrogen-bond donors (Lipinski definition) is 1. The summed E-state index contributed by atoms with van der Waals surface area (Å²) < 4.78 is 5.78. The van der Waals surface area contributed by atoms with Crippen molar-refractivity contribution < 1.29 is 9.53 Å². The number of ether oxygens (including phenoxy) is 1. The van der Waals surface area contributed by atoms with Gasteiger partial charge in [0, 0.05) is 5.69 Å². The van der Waals surface area contributed by atoms with E-state index < -0.39 is 6.10 Å². The summed E-state index contributed by atoms with van der Waals surface area (Å²) in [5.74, 6) is 0.582. The Morgan fingerprint density at radius 2 is 1.55 bits per heavy atom. The van der Waals surface area contributed by atoms with E-state index in [0.717, 1.165) is 33.7 Å². The van der Waals surface area contributed by atoms with Crippen LogP contribution in [0.25, 0.3) is 0 Å². The third kappa shape index (κ3) is 3.88. The molecule has 116 valence electrons. The fourth-order valence-corrected chi connectivity index (χ4v) is 2.50. The second-order valence-electron chi connectivity index (χ2n) is 5.84. The van der Waals surface area contributed by atoms with E-state index in [2.05, 4.69) is 11.4 Å². The highest BCUT2D eigenvalue weighted by Gasteiger charge is 2.16. The number of carbonyl (C=O) groups is 1. The summed E-state index contributed by atoms with van der Waals surface area (Å²) in [5, 5.41) is 2.96. The number of hydrogen-bond acceptors (Lipinski definition) is 2. The molecular formula is C19H23NO2. The monoisotopic (exact) mass is 297 g/mol. The van der Waals surface area contributed by atoms with Gasteiger partial charge in [-0.05, 0) is 69.0 Å². The van der Waals surface area contributed by atoms with Crippen LogP contribution in [0.4, 0.5) is 5.69 Å². The second-order valence-corrected chi connectivity index (χ2v) is 5.84. The fraction of sp³-hybridized carbons (Fsp3) is 0.316. The molecule has 2 aromatic rings. The van der Waals surface area contributed by atoms with E-state index in [1.807, 2.05) is 58.0 Å². The van der Waals surface area contributed by atoms with E-state index >= 15 is 0 Å². The summed E-state index contributed by atoms with van der Waals surface area (Å²) in [7, 11) is 0. The van der Waals surface area contributed by atoms with Crippen molar-refractivity contribution in [2.45, 2.75) is 40.7 Å². The van der Waals surface area contributed by atoms with Gasteiger partial charge in [-0.2, -0.15) is 0 Å². The molecule has 0 bridgehead atoms. The quantitative estimate of drug-likeness (QED) is 0.912. The molecule has 0 aliphatic rings. The first-order valence-electron chi connectivity index (χ1n) is 7.49. The van der Waals surface area contributed by atoms with Crippen LogP contribution in [-0.2, 0) is 4.79 Å². The molecule has 0 saturated carbocycles. The van der Waals surface area contributed by atoms with Crippen molar-refractivity contribution in [2.75, 3.05) is 5.32 Å². The summed E-state index contributed by atoms with van der Waals surface area (Å²) >= 11 is 0. The van der Waals surface area contributed by atoms with E-state index in [-0.39, 0.29) is 5.91 Å². The first-order valence-corrected chi connectivity index (χ1v) is 7.49. The number of benzene rings is 2. The number of amides is 1. The molecule has 1 N–H and O–H groups in total. The molecule has 1 atom stereocenters. The van der Waals surface area contributed by atoms with E-state index in [1.165, 1.54) is 0 Å². The zero-order chi connectivity index (χ0) is 16.3. The topological polar surface area (TPSA) is 38.3 Å². The van der Waals surface area contributed by atoms with Crippen LogP contribution in [0.5, 0.6) is 5.75 Å². The predicted octanol–water partition coefficient (Wildman–Crippen LogP) is 4.33. The highest BCUT2D eigenvalue weighted by Crippen LogP contribution is 2.21. The molecule has 1 amide bonds. The molecule has 0 spiro atoms. The van der Waals surface area contributed by atoms with Gasteiger partial charge >= 0.3 is 0 Å². The van der Waals surface area contributed by atoms with Crippen LogP contribution in [0.2, 0.25) is 0 Å². The Bertz CT molecular complexity index is 651. The molecule has 0 aliphatic heterocycles. The van der Waals surface area contributed by atoms with Gasteiger partial charge in [-0.25, -0.2) is 0 Å². The number of rotatable bonds is 4. The Morgan fingerprint density at radius 3 is 2.09 bits per heavy atom. The van der Waals surface area contributed by atoms with Crippen LogP contribution in [0.15, 0.2) is 36.4 Å². The van der Waals surface area contributed by atoms with Crippen LogP contribution in [-0.4, -0.2) is 12.0 Å². The van der Waals surface area contributed by atoms with Gasteiger partial charge in [0.05, 0.1) is 0 Å². The highest BCUT2D eigenvalue weighted by molar-refractivity contribution is 5.95. The largest absolute Gasteiger partial charge is 0.481 e. The second kappa shape index (κ2) is 6.65. The third-order valence-electron chi connectivity index (χ3n) is 3.61. The molecule has 3 nitrogen and oxygen atoms in total. The average molecular weight is 297 g/mol. The molecule has 0 aliphatic carbocycles. The molecule has 0 unspecified atom stereocenters. The standard InChI is InChI=1S/C19H23NO2/c1-12-9-13(2)11-17(10-12)22-16(5)19(21)20-18-14(3)7-6-8-15(18)4/h6-11,16H,1-5H3,(H,20,21)/t16-/m0/s1. The minimum Gasteiger partial charge on any atom is -0.481 e. The lowest BCUT2D eigenvalue weighted by Crippen LogP contribution is -2.30. The van der Waals surface area contributed by atoms with Gasteiger partial charge in [0.1, 0.15) is 5.75 Å². The first-order chi connectivity index (χ1) is 10.4. The number of para-hydroxylation sites is 1. The summed E-state index contributed by atoms with van der Waals surface area (Å²) in [6, 6.07) is 11.9. The zero-order valence-electron chi connectivity index (χ0n) is 13.9. The SMILES string of the molecule is Cc1cc(C)cc(O[C@@H](C)C(=O)Nc2c(C)cccc2C)c1. The van der Waals surface area contributed by atoms with Crippen molar-refractivity contribution in [3.8, 4) is 5.75 Å². The van der Waals surface area contributed by atoms with E-state index in [9.17, 15) is 4.79 Å². The van der Waals surface area contributed by atoms with Crippen molar-refractivity contribution >= 4 is 11.6 Å². The molecule has 2 aromatic carbocycles. The van der Waals surface area contributed by atoms with Crippen LogP contribution in [0, 0.1) is 27.7 Å². The normalized spacial score (nSPS) is 11.9. The maximum atomic E-state index is 12.4. The van der Waals surface area contributed by atoms with Crippen LogP contribution in [0.1, 0.15) is 29.2 Å². The van der Waals surface area contributed by atoms with Gasteiger partial charge in [-0.3, -0.25) is 4.79 Å². The smallest absolute Gasteiger partial charge is 0.265 e. The Kier molecular flexibility index (Phi) is 4.86. The van der Waals surface area contributed by atoms with Crippen molar-refractivity contribution in [3.05, 3.63) is 58.7 Å². The molecule has 0 saturated heterocycles. The van der Waals surface area contributed by atoms with E-state index in [4.69, 9.17) is 4.74 Å². The van der Waals surface area contributed by atoms with Crippen LogP contribution in [0.3, 0.4) is 0 Å². The summed E-state index contributed by atoms with van der Waals surface area (Å²) in [6.45, 7) is 9.76. The lowest BCUT2D eigenvalue weighted by molar-refractivity contribution is -0.122. The zero-order valence-corrected chi connectivity index (χ0v) is 13.9. The van der Waals surface area contributed by atoms with Crippen molar-refractivity contribution in [3.63, 3.8) is 0 Å². The van der Waals surface area contributed by atoms with Crippen LogP contribution >= 0.6 is 0 Å². The van der Waals surface area contributed by atoms with Gasteiger partial charge in [0.15, 0.2) is 6.10 Å². The average Bonchev–Trinajstić information content (AvgIpc) is 2.41.